The van der Waals surface area contributed by atoms with E-state index in [1.807, 2.05) is 4.18 Å². The third-order valence-electron chi connectivity index (χ3n) is 1.59. The number of ether oxygens (including phenoxy) is 1. The van der Waals surface area contributed by atoms with Crippen molar-refractivity contribution in [2.45, 2.75) is 6.36 Å². The van der Waals surface area contributed by atoms with Crippen LogP contribution in [0.5, 0.6) is 0 Å². The van der Waals surface area contributed by atoms with E-state index in [1.54, 1.807) is 0 Å². The van der Waals surface area contributed by atoms with E-state index in [0.29, 0.717) is 0 Å². The first-order valence-electron chi connectivity index (χ1n) is 4.34. The van der Waals surface area contributed by atoms with Gasteiger partial charge in [0.25, 0.3) is 0 Å². The van der Waals surface area contributed by atoms with Gasteiger partial charge in [-0.1, -0.05) is 0 Å². The maximum absolute atomic E-state index is 11.8. The molecule has 1 saturated heterocycles. The molecule has 1 N–H and O–H groups in total. The fraction of sp³-hybridized carbons (Fsp3) is 1.00. The van der Waals surface area contributed by atoms with Crippen LogP contribution in [-0.4, -0.2) is 52.4 Å². The van der Waals surface area contributed by atoms with Gasteiger partial charge < -0.3 is 14.2 Å². The molecule has 0 aliphatic carbocycles. The lowest BCUT2D eigenvalue weighted by atomic mass is 10.5. The van der Waals surface area contributed by atoms with E-state index in [9.17, 15) is 17.6 Å². The molecular weight excluding hydrogens is 274 g/mol. The Balaban J connectivity index is 0.000000302. The summed E-state index contributed by atoms with van der Waals surface area (Å²) in [5.41, 5.74) is 0. The predicted octanol–water partition coefficient (Wildman–Crippen LogP) is -1.19. The quantitative estimate of drug-likeness (QED) is 0.299. The molecule has 1 aliphatic heterocycles. The van der Waals surface area contributed by atoms with Crippen molar-refractivity contribution in [1.82, 2.24) is 0 Å². The van der Waals surface area contributed by atoms with E-state index in [0.717, 1.165) is 31.2 Å². The van der Waals surface area contributed by atoms with Crippen molar-refractivity contribution in [3.63, 3.8) is 0 Å². The Kier molecular flexibility index (Phi) is 6.85. The SMILES string of the molecule is FC[NH+]1CCOCC1.O=S(=O)([O-])OC(F)(F)F. The van der Waals surface area contributed by atoms with E-state index >= 15 is 0 Å². The van der Waals surface area contributed by atoms with Crippen LogP contribution >= 0.6 is 0 Å². The van der Waals surface area contributed by atoms with Crippen LogP contribution in [-0.2, 0) is 19.3 Å². The highest BCUT2D eigenvalue weighted by Crippen LogP contribution is 2.17. The third kappa shape index (κ3) is 11.8. The Labute approximate surface area is 95.1 Å². The molecule has 11 heteroatoms. The summed E-state index contributed by atoms with van der Waals surface area (Å²) in [7, 11) is -5.66. The highest BCUT2D eigenvalue weighted by Gasteiger charge is 2.32. The molecular formula is C6H11F4NO5S. The van der Waals surface area contributed by atoms with Crippen molar-refractivity contribution >= 4 is 10.4 Å². The summed E-state index contributed by atoms with van der Waals surface area (Å²) in [4.78, 5) is 1.01. The van der Waals surface area contributed by atoms with Gasteiger partial charge in [0.1, 0.15) is 13.1 Å². The van der Waals surface area contributed by atoms with Crippen LogP contribution in [0.15, 0.2) is 0 Å². The van der Waals surface area contributed by atoms with Gasteiger partial charge in [0.15, 0.2) is 0 Å². The largest absolute Gasteiger partial charge is 0.725 e. The fourth-order valence-corrected chi connectivity index (χ4v) is 1.14. The fourth-order valence-electron chi connectivity index (χ4n) is 0.909. The molecule has 17 heavy (non-hydrogen) atoms. The summed E-state index contributed by atoms with van der Waals surface area (Å²) in [6.07, 6.45) is -5.42. The maximum atomic E-state index is 11.8. The minimum absolute atomic E-state index is 0.247. The zero-order chi connectivity index (χ0) is 13.5. The second kappa shape index (κ2) is 7.06. The minimum Gasteiger partial charge on any atom is -0.725 e. The van der Waals surface area contributed by atoms with Crippen molar-refractivity contribution in [2.75, 3.05) is 33.1 Å². The molecule has 1 fully saturated rings. The second-order valence-electron chi connectivity index (χ2n) is 2.93. The molecule has 1 rings (SSSR count). The molecule has 0 atom stereocenters. The lowest BCUT2D eigenvalue weighted by Gasteiger charge is -2.19. The van der Waals surface area contributed by atoms with Crippen LogP contribution < -0.4 is 4.90 Å². The van der Waals surface area contributed by atoms with Gasteiger partial charge in [-0.3, -0.25) is 0 Å². The van der Waals surface area contributed by atoms with Gasteiger partial charge in [0.2, 0.25) is 17.2 Å². The second-order valence-corrected chi connectivity index (χ2v) is 3.92. The average Bonchev–Trinajstić information content (AvgIpc) is 2.14. The summed E-state index contributed by atoms with van der Waals surface area (Å²) < 4.78 is 78.5. The Hall–Kier alpha value is -0.490. The minimum atomic E-state index is -5.66. The van der Waals surface area contributed by atoms with Crippen molar-refractivity contribution in [1.29, 1.82) is 0 Å². The average molecular weight is 285 g/mol. The smallest absolute Gasteiger partial charge is 0.536 e. The highest BCUT2D eigenvalue weighted by molar-refractivity contribution is 7.80. The number of hydrogen-bond donors (Lipinski definition) is 1. The van der Waals surface area contributed by atoms with Crippen molar-refractivity contribution in [3.05, 3.63) is 0 Å². The number of rotatable bonds is 2. The van der Waals surface area contributed by atoms with E-state index in [1.165, 1.54) is 0 Å². The molecule has 1 heterocycles. The molecule has 0 saturated carbocycles. The van der Waals surface area contributed by atoms with E-state index in [-0.39, 0.29) is 6.80 Å². The summed E-state index contributed by atoms with van der Waals surface area (Å²) in [6, 6.07) is 0. The van der Waals surface area contributed by atoms with Gasteiger partial charge in [-0.05, 0) is 0 Å². The van der Waals surface area contributed by atoms with Gasteiger partial charge >= 0.3 is 6.36 Å². The first kappa shape index (κ1) is 16.5. The number of hydrogen-bond acceptors (Lipinski definition) is 5. The zero-order valence-corrected chi connectivity index (χ0v) is 9.31. The van der Waals surface area contributed by atoms with E-state index < -0.39 is 16.8 Å². The van der Waals surface area contributed by atoms with Crippen LogP contribution in [0.3, 0.4) is 0 Å². The number of quaternary nitrogens is 1. The van der Waals surface area contributed by atoms with Crippen LogP contribution in [0.25, 0.3) is 0 Å². The van der Waals surface area contributed by atoms with E-state index in [4.69, 9.17) is 17.7 Å². The molecule has 104 valence electrons. The lowest BCUT2D eigenvalue weighted by molar-refractivity contribution is -0.920. The standard InChI is InChI=1S/C5H10FNO.CHF3O4S/c6-5-7-1-3-8-4-2-7;2-1(3,4)8-9(5,6)7/h1-5H2;(H,5,6,7). The Morgan fingerprint density at radius 3 is 1.94 bits per heavy atom. The van der Waals surface area contributed by atoms with Gasteiger partial charge in [-0.25, -0.2) is 8.42 Å². The predicted molar refractivity (Wildman–Crippen MR) is 44.3 cm³/mol. The Morgan fingerprint density at radius 2 is 1.76 bits per heavy atom. The van der Waals surface area contributed by atoms with Crippen LogP contribution in [0.2, 0.25) is 0 Å². The topological polar surface area (TPSA) is 80.1 Å². The highest BCUT2D eigenvalue weighted by atomic mass is 32.3. The molecule has 0 aromatic rings. The third-order valence-corrected chi connectivity index (χ3v) is 1.98. The van der Waals surface area contributed by atoms with Crippen LogP contribution in [0.1, 0.15) is 0 Å². The van der Waals surface area contributed by atoms with Gasteiger partial charge in [0, 0.05) is 0 Å². The molecule has 0 bridgehead atoms. The zero-order valence-electron chi connectivity index (χ0n) is 8.50. The molecule has 0 unspecified atom stereocenters. The normalized spacial score (nSPS) is 18.4. The van der Waals surface area contributed by atoms with Crippen molar-refractivity contribution in [3.8, 4) is 0 Å². The number of halogens is 4. The van der Waals surface area contributed by atoms with Gasteiger partial charge in [0.05, 0.1) is 13.2 Å². The first-order chi connectivity index (χ1) is 7.64. The van der Waals surface area contributed by atoms with Gasteiger partial charge in [-0.2, -0.15) is 8.57 Å². The summed E-state index contributed by atoms with van der Waals surface area (Å²) in [5, 5.41) is 0. The molecule has 0 radical (unpaired) electrons. The Morgan fingerprint density at radius 1 is 1.29 bits per heavy atom. The van der Waals surface area contributed by atoms with Gasteiger partial charge in [-0.15, -0.1) is 13.2 Å². The van der Waals surface area contributed by atoms with E-state index in [2.05, 4.69) is 0 Å². The molecule has 0 aromatic heterocycles. The van der Waals surface area contributed by atoms with Crippen LogP contribution in [0, 0.1) is 0 Å². The number of alkyl halides is 4. The maximum Gasteiger partial charge on any atom is 0.536 e. The molecule has 0 amide bonds. The summed E-state index contributed by atoms with van der Waals surface area (Å²) in [6.45, 7) is 2.86. The summed E-state index contributed by atoms with van der Waals surface area (Å²) >= 11 is 0. The molecule has 0 spiro atoms. The van der Waals surface area contributed by atoms with Crippen LogP contribution in [0.4, 0.5) is 17.6 Å². The number of nitrogens with one attached hydrogen (secondary N) is 1. The first-order valence-corrected chi connectivity index (χ1v) is 5.68. The summed E-state index contributed by atoms with van der Waals surface area (Å²) in [5.74, 6) is 0. The molecule has 0 aromatic carbocycles. The van der Waals surface area contributed by atoms with Crippen molar-refractivity contribution in [2.24, 2.45) is 0 Å². The molecule has 1 aliphatic rings. The van der Waals surface area contributed by atoms with Crippen molar-refractivity contribution < 1.29 is 44.4 Å². The lowest BCUT2D eigenvalue weighted by Crippen LogP contribution is -3.13. The Bertz CT molecular complexity index is 300. The number of morpholine rings is 1. The monoisotopic (exact) mass is 285 g/mol. The molecule has 6 nitrogen and oxygen atoms in total.